The monoisotopic (exact) mass is 480 g/mol. The lowest BCUT2D eigenvalue weighted by molar-refractivity contribution is -0.140. The van der Waals surface area contributed by atoms with Gasteiger partial charge in [-0.1, -0.05) is 29.8 Å². The van der Waals surface area contributed by atoms with Gasteiger partial charge >= 0.3 is 6.18 Å². The zero-order valence-corrected chi connectivity index (χ0v) is 18.0. The van der Waals surface area contributed by atoms with Crippen LogP contribution in [0.1, 0.15) is 31.8 Å². The molecule has 1 aromatic heterocycles. The van der Waals surface area contributed by atoms with Gasteiger partial charge in [0.25, 0.3) is 11.8 Å². The number of aromatic nitrogens is 1. The van der Waals surface area contributed by atoms with Gasteiger partial charge in [0.05, 0.1) is 21.8 Å². The van der Waals surface area contributed by atoms with Gasteiger partial charge in [0.2, 0.25) is 0 Å². The maximum atomic E-state index is 13.8. The fourth-order valence-electron chi connectivity index (χ4n) is 2.89. The Bertz CT molecular complexity index is 1230. The van der Waals surface area contributed by atoms with E-state index in [1.807, 2.05) is 19.1 Å². The highest BCUT2D eigenvalue weighted by atomic mass is 35.5. The van der Waals surface area contributed by atoms with Crippen molar-refractivity contribution in [2.24, 2.45) is 0 Å². The third kappa shape index (κ3) is 5.40. The topological polar surface area (TPSA) is 83.1 Å². The third-order valence-corrected chi connectivity index (χ3v) is 4.89. The largest absolute Gasteiger partial charge is 0.419 e. The molecule has 3 aromatic rings. The predicted octanol–water partition coefficient (Wildman–Crippen LogP) is 5.56. The van der Waals surface area contributed by atoms with Crippen LogP contribution in [0.2, 0.25) is 5.02 Å². The molecule has 3 rings (SSSR count). The number of para-hydroxylation sites is 1. The molecule has 0 fully saturated rings. The van der Waals surface area contributed by atoms with Gasteiger partial charge in [0.15, 0.2) is 11.6 Å². The van der Waals surface area contributed by atoms with E-state index in [0.717, 1.165) is 11.6 Å². The van der Waals surface area contributed by atoms with Crippen molar-refractivity contribution in [1.29, 1.82) is 0 Å². The molecule has 0 aliphatic heterocycles. The number of hydrogen-bond donors (Lipinski definition) is 3. The van der Waals surface area contributed by atoms with Crippen LogP contribution in [0.4, 0.5) is 34.8 Å². The van der Waals surface area contributed by atoms with Crippen molar-refractivity contribution in [1.82, 2.24) is 10.3 Å². The van der Waals surface area contributed by atoms with E-state index < -0.39 is 40.0 Å². The molecule has 33 heavy (non-hydrogen) atoms. The zero-order valence-electron chi connectivity index (χ0n) is 17.3. The molecule has 172 valence electrons. The smallest absolute Gasteiger partial charge is 0.355 e. The highest BCUT2D eigenvalue weighted by Crippen LogP contribution is 2.35. The number of rotatable bonds is 5. The van der Waals surface area contributed by atoms with Crippen LogP contribution in [0, 0.1) is 12.7 Å². The Morgan fingerprint density at radius 2 is 1.70 bits per heavy atom. The van der Waals surface area contributed by atoms with Gasteiger partial charge < -0.3 is 16.0 Å². The number of aryl methyl sites for hydroxylation is 1. The van der Waals surface area contributed by atoms with Gasteiger partial charge in [-0.3, -0.25) is 9.59 Å². The number of pyridine rings is 1. The second-order valence-corrected chi connectivity index (χ2v) is 7.32. The quantitative estimate of drug-likeness (QED) is 0.418. The lowest BCUT2D eigenvalue weighted by Gasteiger charge is -2.16. The van der Waals surface area contributed by atoms with E-state index in [1.165, 1.54) is 19.3 Å². The van der Waals surface area contributed by atoms with Crippen molar-refractivity contribution < 1.29 is 27.2 Å². The van der Waals surface area contributed by atoms with Crippen LogP contribution < -0.4 is 16.0 Å². The normalized spacial score (nSPS) is 11.1. The first-order chi connectivity index (χ1) is 15.5. The highest BCUT2D eigenvalue weighted by Gasteiger charge is 2.36. The number of carbonyl (C=O) groups excluding carboxylic acids is 2. The number of halogens is 5. The summed E-state index contributed by atoms with van der Waals surface area (Å²) in [4.78, 5) is 28.9. The number of amides is 2. The SMILES string of the molecule is CNC(=O)c1cnc(Nc2ccccc2C)c(NC(=O)c2cc(Cl)c(F)c(C(F)(F)F)c2)c1. The Hall–Kier alpha value is -3.66. The Kier molecular flexibility index (Phi) is 6.87. The molecule has 0 bridgehead atoms. The molecule has 11 heteroatoms. The second kappa shape index (κ2) is 9.45. The van der Waals surface area contributed by atoms with Crippen LogP contribution in [0.3, 0.4) is 0 Å². The van der Waals surface area contributed by atoms with Crippen LogP contribution in [0.15, 0.2) is 48.7 Å². The van der Waals surface area contributed by atoms with Gasteiger partial charge in [0, 0.05) is 24.5 Å². The Morgan fingerprint density at radius 1 is 1.00 bits per heavy atom. The summed E-state index contributed by atoms with van der Waals surface area (Å²) >= 11 is 5.58. The van der Waals surface area contributed by atoms with E-state index in [1.54, 1.807) is 12.1 Å². The van der Waals surface area contributed by atoms with Gasteiger partial charge in [-0.2, -0.15) is 13.2 Å². The molecule has 2 aromatic carbocycles. The molecule has 0 saturated carbocycles. The van der Waals surface area contributed by atoms with Gasteiger partial charge in [-0.15, -0.1) is 0 Å². The Balaban J connectivity index is 2.02. The number of carbonyl (C=O) groups is 2. The number of alkyl halides is 3. The minimum absolute atomic E-state index is 0.0124. The first kappa shape index (κ1) is 24.0. The summed E-state index contributed by atoms with van der Waals surface area (Å²) in [7, 11) is 1.40. The number of benzene rings is 2. The summed E-state index contributed by atoms with van der Waals surface area (Å²) < 4.78 is 53.2. The standard InChI is InChI=1S/C22H17ClF4N4O2/c1-11-5-3-4-6-16(11)30-19-17(9-13(10-29-19)20(32)28-2)31-21(33)12-7-14(22(25,26)27)18(24)15(23)8-12/h3-10H,1-2H3,(H,28,32)(H,29,30)(H,31,33). The van der Waals surface area contributed by atoms with E-state index in [4.69, 9.17) is 11.6 Å². The first-order valence-corrected chi connectivity index (χ1v) is 9.81. The molecular weight excluding hydrogens is 464 g/mol. The third-order valence-electron chi connectivity index (χ3n) is 4.62. The van der Waals surface area contributed by atoms with E-state index >= 15 is 0 Å². The van der Waals surface area contributed by atoms with Crippen molar-refractivity contribution in [2.75, 3.05) is 17.7 Å². The van der Waals surface area contributed by atoms with E-state index in [-0.39, 0.29) is 17.1 Å². The molecule has 0 unspecified atom stereocenters. The molecule has 0 aliphatic rings. The van der Waals surface area contributed by atoms with Crippen LogP contribution in [0.5, 0.6) is 0 Å². The molecule has 6 nitrogen and oxygen atoms in total. The van der Waals surface area contributed by atoms with E-state index in [9.17, 15) is 27.2 Å². The molecule has 1 heterocycles. The molecule has 3 N–H and O–H groups in total. The number of anilines is 3. The van der Waals surface area contributed by atoms with Crippen molar-refractivity contribution in [3.63, 3.8) is 0 Å². The van der Waals surface area contributed by atoms with E-state index in [2.05, 4.69) is 20.9 Å². The van der Waals surface area contributed by atoms with Crippen LogP contribution >= 0.6 is 11.6 Å². The minimum atomic E-state index is -5.05. The summed E-state index contributed by atoms with van der Waals surface area (Å²) in [6.07, 6.45) is -3.78. The van der Waals surface area contributed by atoms with Gasteiger partial charge in [-0.05, 0) is 36.8 Å². The lowest BCUT2D eigenvalue weighted by atomic mass is 10.1. The highest BCUT2D eigenvalue weighted by molar-refractivity contribution is 6.31. The summed E-state index contributed by atoms with van der Waals surface area (Å²) in [6, 6.07) is 9.63. The molecular formula is C22H17ClF4N4O2. The maximum Gasteiger partial charge on any atom is 0.419 e. The van der Waals surface area contributed by atoms with Crippen LogP contribution in [0.25, 0.3) is 0 Å². The molecule has 0 atom stereocenters. The summed E-state index contributed by atoms with van der Waals surface area (Å²) in [5.74, 6) is -3.05. The van der Waals surface area contributed by atoms with Gasteiger partial charge in [-0.25, -0.2) is 9.37 Å². The number of nitrogens with zero attached hydrogens (tertiary/aromatic N) is 1. The molecule has 0 radical (unpaired) electrons. The first-order valence-electron chi connectivity index (χ1n) is 9.43. The number of nitrogens with one attached hydrogen (secondary N) is 3. The van der Waals surface area contributed by atoms with Crippen molar-refractivity contribution in [3.8, 4) is 0 Å². The molecule has 0 aliphatic carbocycles. The summed E-state index contributed by atoms with van der Waals surface area (Å²) in [5.41, 5.74) is -0.587. The second-order valence-electron chi connectivity index (χ2n) is 6.91. The predicted molar refractivity (Wildman–Crippen MR) is 116 cm³/mol. The van der Waals surface area contributed by atoms with Crippen molar-refractivity contribution >= 4 is 40.6 Å². The lowest BCUT2D eigenvalue weighted by Crippen LogP contribution is -2.20. The average molecular weight is 481 g/mol. The summed E-state index contributed by atoms with van der Waals surface area (Å²) in [6.45, 7) is 1.83. The maximum absolute atomic E-state index is 13.8. The van der Waals surface area contributed by atoms with Crippen molar-refractivity contribution in [3.05, 3.63) is 81.8 Å². The van der Waals surface area contributed by atoms with Crippen LogP contribution in [-0.2, 0) is 6.18 Å². The fourth-order valence-corrected chi connectivity index (χ4v) is 3.11. The van der Waals surface area contributed by atoms with Gasteiger partial charge in [0.1, 0.15) is 0 Å². The minimum Gasteiger partial charge on any atom is -0.355 e. The van der Waals surface area contributed by atoms with Crippen molar-refractivity contribution in [2.45, 2.75) is 13.1 Å². The Morgan fingerprint density at radius 3 is 2.33 bits per heavy atom. The summed E-state index contributed by atoms with van der Waals surface area (Å²) in [5, 5.41) is 6.99. The average Bonchev–Trinajstić information content (AvgIpc) is 2.76. The van der Waals surface area contributed by atoms with E-state index in [0.29, 0.717) is 11.8 Å². The molecule has 2 amide bonds. The zero-order chi connectivity index (χ0) is 24.3. The molecule has 0 saturated heterocycles. The Labute approximate surface area is 191 Å². The fraction of sp³-hybridized carbons (Fsp3) is 0.136. The number of hydrogen-bond acceptors (Lipinski definition) is 4. The molecule has 0 spiro atoms. The van der Waals surface area contributed by atoms with Crippen LogP contribution in [-0.4, -0.2) is 23.8 Å².